The number of rotatable bonds is 8. The van der Waals surface area contributed by atoms with E-state index < -0.39 is 6.10 Å². The number of benzene rings is 2. The van der Waals surface area contributed by atoms with Gasteiger partial charge < -0.3 is 29.3 Å². The van der Waals surface area contributed by atoms with E-state index in [1.54, 1.807) is 45.3 Å². The number of carbonyl (C=O) groups excluding carboxylic acids is 2. The van der Waals surface area contributed by atoms with Crippen LogP contribution in [-0.2, 0) is 14.3 Å². The molecule has 8 nitrogen and oxygen atoms in total. The van der Waals surface area contributed by atoms with Crippen molar-refractivity contribution in [2.24, 2.45) is 0 Å². The smallest absolute Gasteiger partial charge is 0.263 e. The molecule has 2 aromatic rings. The molecule has 0 aromatic heterocycles. The van der Waals surface area contributed by atoms with Crippen LogP contribution in [0.25, 0.3) is 0 Å². The zero-order chi connectivity index (χ0) is 22.2. The van der Waals surface area contributed by atoms with Crippen LogP contribution in [0.2, 0.25) is 0 Å². The van der Waals surface area contributed by atoms with E-state index in [1.165, 1.54) is 4.90 Å². The molecule has 0 aliphatic carbocycles. The Morgan fingerprint density at radius 3 is 2.29 bits per heavy atom. The average Bonchev–Trinajstić information content (AvgIpc) is 2.80. The van der Waals surface area contributed by atoms with Crippen LogP contribution in [0.4, 0.5) is 11.4 Å². The Bertz CT molecular complexity index is 864. The molecule has 1 heterocycles. The number of nitrogens with zero attached hydrogens (tertiary/aromatic N) is 2. The minimum absolute atomic E-state index is 0.0691. The maximum absolute atomic E-state index is 12.6. The first-order valence-electron chi connectivity index (χ1n) is 10.2. The highest BCUT2D eigenvalue weighted by molar-refractivity contribution is 5.95. The first-order valence-corrected chi connectivity index (χ1v) is 10.2. The van der Waals surface area contributed by atoms with Gasteiger partial charge in [0, 0.05) is 31.5 Å². The molecule has 31 heavy (non-hydrogen) atoms. The molecule has 1 saturated heterocycles. The summed E-state index contributed by atoms with van der Waals surface area (Å²) >= 11 is 0. The fourth-order valence-corrected chi connectivity index (χ4v) is 3.29. The van der Waals surface area contributed by atoms with Crippen LogP contribution in [0.5, 0.6) is 11.5 Å². The van der Waals surface area contributed by atoms with Gasteiger partial charge in [-0.3, -0.25) is 9.59 Å². The Balaban J connectivity index is 1.47. The van der Waals surface area contributed by atoms with Crippen molar-refractivity contribution in [2.75, 3.05) is 57.2 Å². The molecule has 1 unspecified atom stereocenters. The lowest BCUT2D eigenvalue weighted by Gasteiger charge is -2.29. The van der Waals surface area contributed by atoms with Crippen molar-refractivity contribution in [3.63, 3.8) is 0 Å². The molecule has 1 aliphatic heterocycles. The number of anilines is 2. The van der Waals surface area contributed by atoms with Crippen LogP contribution in [0.3, 0.4) is 0 Å². The third-order valence-corrected chi connectivity index (χ3v) is 5.00. The number of methoxy groups -OCH3 is 1. The van der Waals surface area contributed by atoms with E-state index in [4.69, 9.17) is 14.2 Å². The van der Waals surface area contributed by atoms with Gasteiger partial charge in [0.1, 0.15) is 11.5 Å². The number of hydrogen-bond acceptors (Lipinski definition) is 6. The normalized spacial score (nSPS) is 14.5. The SMILES string of the molecule is COc1ccc(OC(C)C(=O)N(C)CC(=O)Nc2ccc(N3CCOCC3)cc2)cc1. The molecule has 2 aromatic carbocycles. The minimum Gasteiger partial charge on any atom is -0.497 e. The first kappa shape index (κ1) is 22.4. The summed E-state index contributed by atoms with van der Waals surface area (Å²) < 4.78 is 16.2. The summed E-state index contributed by atoms with van der Waals surface area (Å²) in [5, 5.41) is 2.83. The quantitative estimate of drug-likeness (QED) is 0.697. The van der Waals surface area contributed by atoms with Gasteiger partial charge in [0.15, 0.2) is 6.10 Å². The highest BCUT2D eigenvalue weighted by Crippen LogP contribution is 2.20. The number of nitrogens with one attached hydrogen (secondary N) is 1. The summed E-state index contributed by atoms with van der Waals surface area (Å²) in [6, 6.07) is 14.6. The lowest BCUT2D eigenvalue weighted by Crippen LogP contribution is -2.42. The number of amides is 2. The number of carbonyl (C=O) groups is 2. The van der Waals surface area contributed by atoms with Crippen molar-refractivity contribution < 1.29 is 23.8 Å². The number of likely N-dealkylation sites (N-methyl/N-ethyl adjacent to an activating group) is 1. The zero-order valence-corrected chi connectivity index (χ0v) is 18.2. The second-order valence-electron chi connectivity index (χ2n) is 7.32. The number of ether oxygens (including phenoxy) is 3. The van der Waals surface area contributed by atoms with Gasteiger partial charge in [-0.1, -0.05) is 0 Å². The summed E-state index contributed by atoms with van der Waals surface area (Å²) in [6.45, 7) is 4.75. The molecule has 0 spiro atoms. The molecular weight excluding hydrogens is 398 g/mol. The lowest BCUT2D eigenvalue weighted by molar-refractivity contribution is -0.139. The average molecular weight is 428 g/mol. The van der Waals surface area contributed by atoms with Gasteiger partial charge in [-0.05, 0) is 55.5 Å². The van der Waals surface area contributed by atoms with Gasteiger partial charge in [-0.2, -0.15) is 0 Å². The largest absolute Gasteiger partial charge is 0.497 e. The zero-order valence-electron chi connectivity index (χ0n) is 18.2. The molecule has 0 radical (unpaired) electrons. The predicted molar refractivity (Wildman–Crippen MR) is 119 cm³/mol. The Kier molecular flexibility index (Phi) is 7.72. The van der Waals surface area contributed by atoms with E-state index in [0.717, 1.165) is 32.0 Å². The summed E-state index contributed by atoms with van der Waals surface area (Å²) in [5.41, 5.74) is 1.78. The second-order valence-corrected chi connectivity index (χ2v) is 7.32. The number of morpholine rings is 1. The van der Waals surface area contributed by atoms with Crippen molar-refractivity contribution in [1.29, 1.82) is 0 Å². The monoisotopic (exact) mass is 427 g/mol. The fourth-order valence-electron chi connectivity index (χ4n) is 3.29. The van der Waals surface area contributed by atoms with Crippen LogP contribution < -0.4 is 19.7 Å². The molecule has 0 saturated carbocycles. The number of hydrogen-bond donors (Lipinski definition) is 1. The van der Waals surface area contributed by atoms with Gasteiger partial charge in [-0.15, -0.1) is 0 Å². The highest BCUT2D eigenvalue weighted by Gasteiger charge is 2.21. The van der Waals surface area contributed by atoms with Crippen LogP contribution in [0.15, 0.2) is 48.5 Å². The molecule has 0 bridgehead atoms. The van der Waals surface area contributed by atoms with Gasteiger partial charge in [-0.25, -0.2) is 0 Å². The fraction of sp³-hybridized carbons (Fsp3) is 0.391. The maximum atomic E-state index is 12.6. The summed E-state index contributed by atoms with van der Waals surface area (Å²) in [5.74, 6) is 0.707. The van der Waals surface area contributed by atoms with E-state index >= 15 is 0 Å². The summed E-state index contributed by atoms with van der Waals surface area (Å²) in [6.07, 6.45) is -0.723. The second kappa shape index (κ2) is 10.7. The Morgan fingerprint density at radius 2 is 1.68 bits per heavy atom. The Labute approximate surface area is 182 Å². The van der Waals surface area contributed by atoms with Crippen molar-refractivity contribution >= 4 is 23.2 Å². The molecule has 1 fully saturated rings. The van der Waals surface area contributed by atoms with Gasteiger partial charge in [0.05, 0.1) is 26.9 Å². The van der Waals surface area contributed by atoms with Crippen LogP contribution in [-0.4, -0.2) is 69.8 Å². The van der Waals surface area contributed by atoms with E-state index in [9.17, 15) is 9.59 Å². The van der Waals surface area contributed by atoms with Gasteiger partial charge in [0.2, 0.25) is 5.91 Å². The topological polar surface area (TPSA) is 80.3 Å². The first-order chi connectivity index (χ1) is 15.0. The van der Waals surface area contributed by atoms with Crippen molar-refractivity contribution in [1.82, 2.24) is 4.90 Å². The van der Waals surface area contributed by atoms with E-state index in [1.807, 2.05) is 24.3 Å². The lowest BCUT2D eigenvalue weighted by atomic mass is 10.2. The Hall–Kier alpha value is -3.26. The molecule has 1 aliphatic rings. The van der Waals surface area contributed by atoms with Crippen LogP contribution in [0, 0.1) is 0 Å². The van der Waals surface area contributed by atoms with Gasteiger partial charge in [0.25, 0.3) is 5.91 Å². The Morgan fingerprint density at radius 1 is 1.06 bits per heavy atom. The minimum atomic E-state index is -0.723. The van der Waals surface area contributed by atoms with Crippen molar-refractivity contribution in [2.45, 2.75) is 13.0 Å². The van der Waals surface area contributed by atoms with Crippen molar-refractivity contribution in [3.05, 3.63) is 48.5 Å². The molecule has 1 N–H and O–H groups in total. The highest BCUT2D eigenvalue weighted by atomic mass is 16.5. The summed E-state index contributed by atoms with van der Waals surface area (Å²) in [7, 11) is 3.16. The molecule has 1 atom stereocenters. The third kappa shape index (κ3) is 6.36. The van der Waals surface area contributed by atoms with Crippen molar-refractivity contribution in [3.8, 4) is 11.5 Å². The molecule has 2 amide bonds. The van der Waals surface area contributed by atoms with E-state index in [-0.39, 0.29) is 18.4 Å². The van der Waals surface area contributed by atoms with Crippen LogP contribution >= 0.6 is 0 Å². The van der Waals surface area contributed by atoms with Gasteiger partial charge >= 0.3 is 0 Å². The molecule has 166 valence electrons. The molecule has 3 rings (SSSR count). The summed E-state index contributed by atoms with van der Waals surface area (Å²) in [4.78, 5) is 28.5. The third-order valence-electron chi connectivity index (χ3n) is 5.00. The van der Waals surface area contributed by atoms with E-state index in [2.05, 4.69) is 10.2 Å². The van der Waals surface area contributed by atoms with Crippen LogP contribution in [0.1, 0.15) is 6.92 Å². The van der Waals surface area contributed by atoms with E-state index in [0.29, 0.717) is 17.2 Å². The molecular formula is C23H29N3O5. The standard InChI is InChI=1S/C23H29N3O5/c1-17(31-21-10-8-20(29-3)9-11-21)23(28)25(2)16-22(27)24-18-4-6-19(7-5-18)26-12-14-30-15-13-26/h4-11,17H,12-16H2,1-3H3,(H,24,27). The maximum Gasteiger partial charge on any atom is 0.263 e. The predicted octanol–water partition coefficient (Wildman–Crippen LogP) is 2.40. The molecule has 8 heteroatoms.